The molecule has 37 heavy (non-hydrogen) atoms. The molecule has 9 heteroatoms. The molecule has 1 atom stereocenters. The summed E-state index contributed by atoms with van der Waals surface area (Å²) in [7, 11) is -2.21. The van der Waals surface area contributed by atoms with Gasteiger partial charge in [-0.1, -0.05) is 30.3 Å². The summed E-state index contributed by atoms with van der Waals surface area (Å²) in [5, 5.41) is 0.742. The Morgan fingerprint density at radius 3 is 2.49 bits per heavy atom. The lowest BCUT2D eigenvalue weighted by Gasteiger charge is -2.41. The molecule has 8 nitrogen and oxygen atoms in total. The quantitative estimate of drug-likeness (QED) is 0.409. The van der Waals surface area contributed by atoms with Crippen molar-refractivity contribution in [2.24, 2.45) is 0 Å². The summed E-state index contributed by atoms with van der Waals surface area (Å²) in [5.41, 5.74) is 2.30. The van der Waals surface area contributed by atoms with Crippen LogP contribution in [-0.2, 0) is 10.0 Å². The number of pyridine rings is 1. The number of carbonyl (C=O) groups is 1. The van der Waals surface area contributed by atoms with Crippen molar-refractivity contribution in [1.82, 2.24) is 9.88 Å². The first kappa shape index (κ1) is 24.6. The molecule has 1 aliphatic rings. The third kappa shape index (κ3) is 4.95. The predicted molar refractivity (Wildman–Crippen MR) is 145 cm³/mol. The minimum absolute atomic E-state index is 0.0109. The van der Waals surface area contributed by atoms with Crippen LogP contribution in [0.3, 0.4) is 0 Å². The highest BCUT2D eigenvalue weighted by molar-refractivity contribution is 7.93. The summed E-state index contributed by atoms with van der Waals surface area (Å²) >= 11 is 0. The molecule has 1 fully saturated rings. The van der Waals surface area contributed by atoms with Crippen LogP contribution in [0.1, 0.15) is 17.3 Å². The van der Waals surface area contributed by atoms with Gasteiger partial charge in [0, 0.05) is 48.5 Å². The molecule has 1 saturated heterocycles. The van der Waals surface area contributed by atoms with Crippen molar-refractivity contribution in [3.8, 4) is 5.75 Å². The number of piperazine rings is 1. The second kappa shape index (κ2) is 10.1. The lowest BCUT2D eigenvalue weighted by atomic mass is 10.1. The molecule has 0 saturated carbocycles. The minimum Gasteiger partial charge on any atom is -0.495 e. The van der Waals surface area contributed by atoms with E-state index in [9.17, 15) is 13.2 Å². The topological polar surface area (TPSA) is 91.8 Å². The van der Waals surface area contributed by atoms with Gasteiger partial charge in [-0.15, -0.1) is 0 Å². The third-order valence-electron chi connectivity index (χ3n) is 6.58. The summed E-state index contributed by atoms with van der Waals surface area (Å²) < 4.78 is 34.3. The number of ether oxygens (including phenoxy) is 1. The Bertz CT molecular complexity index is 1530. The van der Waals surface area contributed by atoms with Crippen LogP contribution in [-0.4, -0.2) is 57.0 Å². The van der Waals surface area contributed by atoms with Gasteiger partial charge >= 0.3 is 0 Å². The van der Waals surface area contributed by atoms with Gasteiger partial charge in [-0.2, -0.15) is 0 Å². The average Bonchev–Trinajstić information content (AvgIpc) is 2.92. The molecular formula is C28H28N4O4S. The molecule has 3 aromatic carbocycles. The Morgan fingerprint density at radius 1 is 0.973 bits per heavy atom. The monoisotopic (exact) mass is 516 g/mol. The highest BCUT2D eigenvalue weighted by atomic mass is 32.2. The predicted octanol–water partition coefficient (Wildman–Crippen LogP) is 4.40. The average molecular weight is 517 g/mol. The standard InChI is InChI=1S/C28H28N4O4S/c1-20-19-31(24-9-3-4-10-25(24)36-2)17-18-32(20)28(33)22-12-14-23(15-13-22)30-37(34,35)26-11-5-7-21-8-6-16-29-27(21)26/h3-16,20,30H,17-19H2,1-2H3. The lowest BCUT2D eigenvalue weighted by molar-refractivity contribution is 0.0674. The molecule has 0 radical (unpaired) electrons. The molecule has 1 aromatic heterocycles. The van der Waals surface area contributed by atoms with Crippen molar-refractivity contribution >= 4 is 38.2 Å². The fraction of sp³-hybridized carbons (Fsp3) is 0.214. The summed E-state index contributed by atoms with van der Waals surface area (Å²) in [6.45, 7) is 3.97. The van der Waals surface area contributed by atoms with Gasteiger partial charge in [-0.3, -0.25) is 14.5 Å². The molecular weight excluding hydrogens is 488 g/mol. The van der Waals surface area contributed by atoms with E-state index in [1.54, 1.807) is 49.7 Å². The molecule has 0 aliphatic carbocycles. The van der Waals surface area contributed by atoms with Gasteiger partial charge in [0.1, 0.15) is 10.6 Å². The van der Waals surface area contributed by atoms with Crippen LogP contribution in [0.4, 0.5) is 11.4 Å². The number of rotatable bonds is 6. The number of aromatic nitrogens is 1. The van der Waals surface area contributed by atoms with Crippen molar-refractivity contribution in [1.29, 1.82) is 0 Å². The van der Waals surface area contributed by atoms with E-state index in [4.69, 9.17) is 4.74 Å². The molecule has 0 spiro atoms. The summed E-state index contributed by atoms with van der Waals surface area (Å²) in [4.78, 5) is 21.7. The molecule has 1 aliphatic heterocycles. The van der Waals surface area contributed by atoms with E-state index >= 15 is 0 Å². The zero-order valence-corrected chi connectivity index (χ0v) is 21.5. The molecule has 1 unspecified atom stereocenters. The summed E-state index contributed by atoms with van der Waals surface area (Å²) in [6.07, 6.45) is 1.57. The Hall–Kier alpha value is -4.11. The zero-order valence-electron chi connectivity index (χ0n) is 20.7. The number of methoxy groups -OCH3 is 1. The lowest BCUT2D eigenvalue weighted by Crippen LogP contribution is -2.54. The molecule has 1 N–H and O–H groups in total. The third-order valence-corrected chi connectivity index (χ3v) is 8.00. The van der Waals surface area contributed by atoms with Crippen LogP contribution in [0, 0.1) is 0 Å². The van der Waals surface area contributed by atoms with E-state index in [0.717, 1.165) is 16.8 Å². The van der Waals surface area contributed by atoms with E-state index in [1.165, 1.54) is 6.07 Å². The van der Waals surface area contributed by atoms with E-state index < -0.39 is 10.0 Å². The maximum Gasteiger partial charge on any atom is 0.264 e. The molecule has 4 aromatic rings. The summed E-state index contributed by atoms with van der Waals surface area (Å²) in [6, 6.07) is 23.0. The fourth-order valence-corrected chi connectivity index (χ4v) is 5.96. The molecule has 190 valence electrons. The molecule has 0 bridgehead atoms. The van der Waals surface area contributed by atoms with Crippen LogP contribution >= 0.6 is 0 Å². The second-order valence-corrected chi connectivity index (χ2v) is 10.6. The SMILES string of the molecule is COc1ccccc1N1CCN(C(=O)c2ccc(NS(=O)(=O)c3cccc4cccnc34)cc2)C(C)C1. The largest absolute Gasteiger partial charge is 0.495 e. The van der Waals surface area contributed by atoms with Gasteiger partial charge < -0.3 is 14.5 Å². The van der Waals surface area contributed by atoms with Crippen LogP contribution in [0.5, 0.6) is 5.75 Å². The van der Waals surface area contributed by atoms with Crippen molar-refractivity contribution in [2.45, 2.75) is 17.9 Å². The Kier molecular flexibility index (Phi) is 6.71. The number of amides is 1. The maximum atomic E-state index is 13.3. The highest BCUT2D eigenvalue weighted by Gasteiger charge is 2.29. The fourth-order valence-electron chi connectivity index (χ4n) is 4.72. The van der Waals surface area contributed by atoms with Crippen molar-refractivity contribution in [3.63, 3.8) is 0 Å². The minimum atomic E-state index is -3.86. The second-order valence-electron chi connectivity index (χ2n) is 8.98. The van der Waals surface area contributed by atoms with Gasteiger partial charge in [0.15, 0.2) is 0 Å². The normalized spacial score (nSPS) is 16.0. The van der Waals surface area contributed by atoms with Crippen molar-refractivity contribution in [3.05, 3.63) is 90.6 Å². The molecule has 5 rings (SSSR count). The number of carbonyl (C=O) groups excluding carboxylic acids is 1. The van der Waals surface area contributed by atoms with Crippen LogP contribution < -0.4 is 14.4 Å². The summed E-state index contributed by atoms with van der Waals surface area (Å²) in [5.74, 6) is 0.728. The number of nitrogens with one attached hydrogen (secondary N) is 1. The number of anilines is 2. The van der Waals surface area contributed by atoms with E-state index in [-0.39, 0.29) is 16.8 Å². The number of fused-ring (bicyclic) bond motifs is 1. The Balaban J connectivity index is 1.28. The van der Waals surface area contributed by atoms with Crippen LogP contribution in [0.25, 0.3) is 10.9 Å². The first-order chi connectivity index (χ1) is 17.9. The van der Waals surface area contributed by atoms with E-state index in [0.29, 0.717) is 36.4 Å². The van der Waals surface area contributed by atoms with Gasteiger partial charge in [-0.05, 0) is 55.5 Å². The zero-order chi connectivity index (χ0) is 26.0. The molecule has 2 heterocycles. The number of para-hydroxylation sites is 3. The number of sulfonamides is 1. The van der Waals surface area contributed by atoms with Crippen molar-refractivity contribution < 1.29 is 17.9 Å². The van der Waals surface area contributed by atoms with Gasteiger partial charge in [0.2, 0.25) is 0 Å². The van der Waals surface area contributed by atoms with E-state index in [2.05, 4.69) is 14.6 Å². The van der Waals surface area contributed by atoms with Crippen molar-refractivity contribution in [2.75, 3.05) is 36.4 Å². The maximum absolute atomic E-state index is 13.3. The first-order valence-corrected chi connectivity index (χ1v) is 13.5. The van der Waals surface area contributed by atoms with Crippen LogP contribution in [0.2, 0.25) is 0 Å². The van der Waals surface area contributed by atoms with Gasteiger partial charge in [0.25, 0.3) is 15.9 Å². The first-order valence-electron chi connectivity index (χ1n) is 12.0. The molecule has 1 amide bonds. The van der Waals surface area contributed by atoms with Gasteiger partial charge in [-0.25, -0.2) is 8.42 Å². The Morgan fingerprint density at radius 2 is 1.73 bits per heavy atom. The number of hydrogen-bond acceptors (Lipinski definition) is 6. The van der Waals surface area contributed by atoms with E-state index in [1.807, 2.05) is 48.2 Å². The number of hydrogen-bond donors (Lipinski definition) is 1. The smallest absolute Gasteiger partial charge is 0.264 e. The van der Waals surface area contributed by atoms with Gasteiger partial charge in [0.05, 0.1) is 18.3 Å². The highest BCUT2D eigenvalue weighted by Crippen LogP contribution is 2.30. The number of benzene rings is 3. The Labute approximate surface area is 216 Å². The number of nitrogens with zero attached hydrogens (tertiary/aromatic N) is 3. The van der Waals surface area contributed by atoms with Crippen LogP contribution in [0.15, 0.2) is 90.0 Å².